The first kappa shape index (κ1) is 17.4. The Balaban J connectivity index is 1.52. The fourth-order valence-electron chi connectivity index (χ4n) is 3.11. The zero-order valence-corrected chi connectivity index (χ0v) is 14.8. The third-order valence-electron chi connectivity index (χ3n) is 4.65. The smallest absolute Gasteiger partial charge is 0.272 e. The molecule has 134 valence electrons. The van der Waals surface area contributed by atoms with E-state index in [-0.39, 0.29) is 17.7 Å². The fraction of sp³-hybridized carbons (Fsp3) is 0.500. The second kappa shape index (κ2) is 7.65. The van der Waals surface area contributed by atoms with Crippen molar-refractivity contribution in [3.05, 3.63) is 36.4 Å². The van der Waals surface area contributed by atoms with Gasteiger partial charge in [-0.05, 0) is 45.1 Å². The number of hydrogen-bond acceptors (Lipinski definition) is 4. The van der Waals surface area contributed by atoms with Gasteiger partial charge in [0.05, 0.1) is 6.33 Å². The van der Waals surface area contributed by atoms with Gasteiger partial charge in [0.15, 0.2) is 0 Å². The third kappa shape index (κ3) is 4.17. The number of likely N-dealkylation sites (N-methyl/N-ethyl adjacent to an activating group) is 1. The molecule has 0 aliphatic carbocycles. The topological polar surface area (TPSA) is 70.0 Å². The number of aromatic nitrogens is 2. The van der Waals surface area contributed by atoms with Gasteiger partial charge in [0.2, 0.25) is 5.91 Å². The Morgan fingerprint density at radius 2 is 2.08 bits per heavy atom. The van der Waals surface area contributed by atoms with E-state index in [1.807, 2.05) is 47.8 Å². The number of nitrogens with zero attached hydrogens (tertiary/aromatic N) is 4. The van der Waals surface area contributed by atoms with Gasteiger partial charge in [-0.3, -0.25) is 9.59 Å². The van der Waals surface area contributed by atoms with E-state index in [4.69, 9.17) is 0 Å². The highest BCUT2D eigenvalue weighted by Gasteiger charge is 2.28. The molecule has 1 aliphatic heterocycles. The van der Waals surface area contributed by atoms with Crippen LogP contribution in [0, 0.1) is 5.92 Å². The first-order chi connectivity index (χ1) is 12.0. The molecule has 3 rings (SSSR count). The van der Waals surface area contributed by atoms with Crippen LogP contribution in [0.3, 0.4) is 0 Å². The van der Waals surface area contributed by atoms with Crippen LogP contribution in [0.15, 0.2) is 30.7 Å². The molecule has 25 heavy (non-hydrogen) atoms. The lowest BCUT2D eigenvalue weighted by Crippen LogP contribution is -2.44. The van der Waals surface area contributed by atoms with Crippen LogP contribution >= 0.6 is 0 Å². The summed E-state index contributed by atoms with van der Waals surface area (Å²) in [6, 6.07) is 5.68. The summed E-state index contributed by atoms with van der Waals surface area (Å²) in [5.41, 5.74) is 1.41. The van der Waals surface area contributed by atoms with Crippen LogP contribution in [-0.4, -0.2) is 71.3 Å². The second-order valence-electron chi connectivity index (χ2n) is 6.78. The molecule has 7 nitrogen and oxygen atoms in total. The highest BCUT2D eigenvalue weighted by atomic mass is 16.2. The maximum Gasteiger partial charge on any atom is 0.272 e. The Morgan fingerprint density at radius 3 is 2.80 bits per heavy atom. The maximum atomic E-state index is 12.6. The van der Waals surface area contributed by atoms with Crippen LogP contribution in [0.4, 0.5) is 0 Å². The molecule has 7 heteroatoms. The lowest BCUT2D eigenvalue weighted by atomic mass is 9.95. The molecule has 0 radical (unpaired) electrons. The molecule has 0 spiro atoms. The average molecular weight is 343 g/mol. The van der Waals surface area contributed by atoms with Crippen LogP contribution in [0.5, 0.6) is 0 Å². The van der Waals surface area contributed by atoms with Gasteiger partial charge in [-0.15, -0.1) is 0 Å². The number of likely N-dealkylation sites (tertiary alicyclic amines) is 1. The molecule has 0 saturated carbocycles. The van der Waals surface area contributed by atoms with E-state index >= 15 is 0 Å². The highest BCUT2D eigenvalue weighted by molar-refractivity contribution is 5.93. The molecule has 1 saturated heterocycles. The zero-order chi connectivity index (χ0) is 17.8. The molecule has 0 aromatic carbocycles. The molecule has 2 amide bonds. The standard InChI is InChI=1S/C18H25N5O2/c1-21(2)11-7-19-17(24)14-5-9-22(10-6-14)18(25)16-12-15-4-3-8-23(15)13-20-16/h3-4,8,12-14H,5-7,9-11H2,1-2H3,(H,19,24). The third-order valence-corrected chi connectivity index (χ3v) is 4.65. The summed E-state index contributed by atoms with van der Waals surface area (Å²) in [6.07, 6.45) is 4.96. The number of hydrogen-bond donors (Lipinski definition) is 1. The maximum absolute atomic E-state index is 12.6. The first-order valence-corrected chi connectivity index (χ1v) is 8.69. The van der Waals surface area contributed by atoms with E-state index in [1.165, 1.54) is 0 Å². The van der Waals surface area contributed by atoms with Crippen LogP contribution in [-0.2, 0) is 4.79 Å². The van der Waals surface area contributed by atoms with Crippen molar-refractivity contribution in [3.8, 4) is 0 Å². The van der Waals surface area contributed by atoms with Crippen molar-refractivity contribution in [2.24, 2.45) is 5.92 Å². The monoisotopic (exact) mass is 343 g/mol. The van der Waals surface area contributed by atoms with Gasteiger partial charge in [0, 0.05) is 43.8 Å². The van der Waals surface area contributed by atoms with Gasteiger partial charge in [-0.25, -0.2) is 4.98 Å². The Bertz CT molecular complexity index is 747. The van der Waals surface area contributed by atoms with E-state index in [9.17, 15) is 9.59 Å². The van der Waals surface area contributed by atoms with Gasteiger partial charge in [-0.1, -0.05) is 0 Å². The largest absolute Gasteiger partial charge is 0.355 e. The Hall–Kier alpha value is -2.41. The minimum absolute atomic E-state index is 0.00715. The molecule has 1 N–H and O–H groups in total. The summed E-state index contributed by atoms with van der Waals surface area (Å²) in [6.45, 7) is 2.68. The number of amides is 2. The zero-order valence-electron chi connectivity index (χ0n) is 14.8. The van der Waals surface area contributed by atoms with E-state index < -0.39 is 0 Å². The summed E-state index contributed by atoms with van der Waals surface area (Å²) >= 11 is 0. The Labute approximate surface area is 147 Å². The van der Waals surface area contributed by atoms with E-state index in [1.54, 1.807) is 11.2 Å². The first-order valence-electron chi connectivity index (χ1n) is 8.69. The van der Waals surface area contributed by atoms with Crippen molar-refractivity contribution in [1.82, 2.24) is 24.5 Å². The lowest BCUT2D eigenvalue weighted by Gasteiger charge is -2.31. The van der Waals surface area contributed by atoms with Crippen molar-refractivity contribution in [1.29, 1.82) is 0 Å². The number of nitrogens with one attached hydrogen (secondary N) is 1. The number of piperidine rings is 1. The Kier molecular flexibility index (Phi) is 5.33. The van der Waals surface area contributed by atoms with Crippen LogP contribution in [0.1, 0.15) is 23.3 Å². The Morgan fingerprint density at radius 1 is 1.32 bits per heavy atom. The lowest BCUT2D eigenvalue weighted by molar-refractivity contribution is -0.126. The SMILES string of the molecule is CN(C)CCNC(=O)C1CCN(C(=O)c2cc3cccn3cn2)CC1. The summed E-state index contributed by atoms with van der Waals surface area (Å²) in [5, 5.41) is 2.98. The number of carbonyl (C=O) groups is 2. The van der Waals surface area contributed by atoms with Gasteiger partial charge < -0.3 is 19.5 Å². The molecular weight excluding hydrogens is 318 g/mol. The van der Waals surface area contributed by atoms with Crippen molar-refractivity contribution in [3.63, 3.8) is 0 Å². The average Bonchev–Trinajstić information content (AvgIpc) is 3.08. The van der Waals surface area contributed by atoms with Crippen molar-refractivity contribution >= 4 is 17.3 Å². The molecule has 2 aromatic rings. The second-order valence-corrected chi connectivity index (χ2v) is 6.78. The van der Waals surface area contributed by atoms with Crippen molar-refractivity contribution in [2.75, 3.05) is 40.3 Å². The molecule has 2 aromatic heterocycles. The number of rotatable bonds is 5. The van der Waals surface area contributed by atoms with Crippen LogP contribution < -0.4 is 5.32 Å². The molecule has 0 unspecified atom stereocenters. The normalized spacial score (nSPS) is 15.7. The predicted molar refractivity (Wildman–Crippen MR) is 95.4 cm³/mol. The number of carbonyl (C=O) groups excluding carboxylic acids is 2. The molecule has 0 atom stereocenters. The van der Waals surface area contributed by atoms with Gasteiger partial charge >= 0.3 is 0 Å². The predicted octanol–water partition coefficient (Wildman–Crippen LogP) is 0.864. The molecule has 0 bridgehead atoms. The summed E-state index contributed by atoms with van der Waals surface area (Å²) in [4.78, 5) is 32.9. The molecule has 1 fully saturated rings. The van der Waals surface area contributed by atoms with E-state index in [0.717, 1.165) is 12.1 Å². The van der Waals surface area contributed by atoms with E-state index in [2.05, 4.69) is 10.3 Å². The quantitative estimate of drug-likeness (QED) is 0.874. The highest BCUT2D eigenvalue weighted by Crippen LogP contribution is 2.19. The summed E-state index contributed by atoms with van der Waals surface area (Å²) in [5.74, 6) is 0.0316. The van der Waals surface area contributed by atoms with Gasteiger partial charge in [0.1, 0.15) is 5.69 Å². The van der Waals surface area contributed by atoms with Gasteiger partial charge in [-0.2, -0.15) is 0 Å². The molecule has 1 aliphatic rings. The van der Waals surface area contributed by atoms with Crippen molar-refractivity contribution < 1.29 is 9.59 Å². The molecule has 3 heterocycles. The molecular formula is C18H25N5O2. The minimum atomic E-state index is -0.0600. The summed E-state index contributed by atoms with van der Waals surface area (Å²) in [7, 11) is 3.96. The van der Waals surface area contributed by atoms with Gasteiger partial charge in [0.25, 0.3) is 5.91 Å². The van der Waals surface area contributed by atoms with Crippen molar-refractivity contribution in [2.45, 2.75) is 12.8 Å². The fourth-order valence-corrected chi connectivity index (χ4v) is 3.11. The number of fused-ring (bicyclic) bond motifs is 1. The summed E-state index contributed by atoms with van der Waals surface area (Å²) < 4.78 is 1.88. The minimum Gasteiger partial charge on any atom is -0.355 e. The van der Waals surface area contributed by atoms with E-state index in [0.29, 0.717) is 38.2 Å². The van der Waals surface area contributed by atoms with Crippen LogP contribution in [0.2, 0.25) is 0 Å². The van der Waals surface area contributed by atoms with Crippen LogP contribution in [0.25, 0.3) is 5.52 Å².